The molecule has 0 spiro atoms. The van der Waals surface area contributed by atoms with Crippen LogP contribution < -0.4 is 5.32 Å². The Balaban J connectivity index is 1.54. The van der Waals surface area contributed by atoms with Crippen molar-refractivity contribution < 1.29 is 14.3 Å². The van der Waals surface area contributed by atoms with Crippen LogP contribution in [0.5, 0.6) is 0 Å². The van der Waals surface area contributed by atoms with Gasteiger partial charge < -0.3 is 15.0 Å². The predicted molar refractivity (Wildman–Crippen MR) is 131 cm³/mol. The molecule has 3 heterocycles. The zero-order valence-electron chi connectivity index (χ0n) is 18.4. The number of hydrogen-bond donors (Lipinski definition) is 2. The number of carbonyl (C=O) groups excluding carboxylic acids is 2. The highest BCUT2D eigenvalue weighted by molar-refractivity contribution is 7.13. The number of rotatable bonds is 4. The third-order valence-corrected chi connectivity index (χ3v) is 6.67. The molecule has 6 nitrogen and oxygen atoms in total. The molecule has 0 saturated heterocycles. The summed E-state index contributed by atoms with van der Waals surface area (Å²) in [5.74, 6) is -0.584. The number of nitrogens with one attached hydrogen (secondary N) is 2. The first kappa shape index (κ1) is 20.9. The van der Waals surface area contributed by atoms with E-state index in [1.54, 1.807) is 17.4 Å². The number of carbonyl (C=O) groups is 2. The molecule has 5 rings (SSSR count). The van der Waals surface area contributed by atoms with Crippen LogP contribution in [0.2, 0.25) is 0 Å². The quantitative estimate of drug-likeness (QED) is 0.305. The van der Waals surface area contributed by atoms with Gasteiger partial charge in [0.1, 0.15) is 5.01 Å². The van der Waals surface area contributed by atoms with Gasteiger partial charge >= 0.3 is 5.97 Å². The maximum atomic E-state index is 12.8. The van der Waals surface area contributed by atoms with Crippen LogP contribution in [0.15, 0.2) is 53.9 Å². The van der Waals surface area contributed by atoms with Gasteiger partial charge in [-0.05, 0) is 37.6 Å². The summed E-state index contributed by atoms with van der Waals surface area (Å²) in [5, 5.41) is 5.90. The van der Waals surface area contributed by atoms with Gasteiger partial charge in [-0.3, -0.25) is 4.79 Å². The molecule has 1 aliphatic rings. The van der Waals surface area contributed by atoms with Crippen LogP contribution in [0.1, 0.15) is 32.9 Å². The van der Waals surface area contributed by atoms with E-state index in [4.69, 9.17) is 9.72 Å². The number of aromatic nitrogens is 2. The van der Waals surface area contributed by atoms with Crippen LogP contribution in [0.25, 0.3) is 33.5 Å². The molecule has 4 aromatic rings. The highest BCUT2D eigenvalue weighted by Gasteiger charge is 2.26. The van der Waals surface area contributed by atoms with Crippen molar-refractivity contribution in [2.45, 2.75) is 13.8 Å². The fourth-order valence-corrected chi connectivity index (χ4v) is 4.92. The number of anilines is 1. The summed E-state index contributed by atoms with van der Waals surface area (Å²) in [6, 6.07) is 15.9. The van der Waals surface area contributed by atoms with E-state index in [9.17, 15) is 9.59 Å². The first-order valence-corrected chi connectivity index (χ1v) is 11.3. The largest absolute Gasteiger partial charge is 0.465 e. The molecule has 33 heavy (non-hydrogen) atoms. The van der Waals surface area contributed by atoms with Crippen molar-refractivity contribution in [3.63, 3.8) is 0 Å². The Morgan fingerprint density at radius 3 is 2.64 bits per heavy atom. The number of aryl methyl sites for hydroxylation is 1. The lowest BCUT2D eigenvalue weighted by Gasteiger charge is -2.03. The number of methoxy groups -OCH3 is 1. The van der Waals surface area contributed by atoms with E-state index in [1.165, 1.54) is 7.11 Å². The molecule has 0 saturated carbocycles. The molecule has 0 radical (unpaired) electrons. The minimum Gasteiger partial charge on any atom is -0.465 e. The van der Waals surface area contributed by atoms with Gasteiger partial charge in [-0.1, -0.05) is 36.4 Å². The zero-order valence-corrected chi connectivity index (χ0v) is 19.2. The number of ether oxygens (including phenoxy) is 1. The van der Waals surface area contributed by atoms with Crippen molar-refractivity contribution in [3.05, 3.63) is 82.0 Å². The van der Waals surface area contributed by atoms with Gasteiger partial charge in [0.05, 0.1) is 23.9 Å². The molecule has 7 heteroatoms. The Labute approximate surface area is 195 Å². The van der Waals surface area contributed by atoms with E-state index in [2.05, 4.69) is 10.3 Å². The lowest BCUT2D eigenvalue weighted by atomic mass is 10.0. The molecule has 0 atom stereocenters. The summed E-state index contributed by atoms with van der Waals surface area (Å²) < 4.78 is 4.89. The second-order valence-corrected chi connectivity index (χ2v) is 8.69. The lowest BCUT2D eigenvalue weighted by Crippen LogP contribution is -2.04. The van der Waals surface area contributed by atoms with E-state index >= 15 is 0 Å². The number of hydrogen-bond acceptors (Lipinski definition) is 5. The van der Waals surface area contributed by atoms with Gasteiger partial charge in [-0.2, -0.15) is 0 Å². The van der Waals surface area contributed by atoms with Crippen LogP contribution in [-0.2, 0) is 9.53 Å². The first-order chi connectivity index (χ1) is 16.0. The molecular weight excluding hydrogens is 434 g/mol. The third-order valence-electron chi connectivity index (χ3n) is 5.78. The van der Waals surface area contributed by atoms with Gasteiger partial charge in [0.2, 0.25) is 0 Å². The fraction of sp³-hybridized carbons (Fsp3) is 0.115. The third kappa shape index (κ3) is 3.66. The molecule has 1 aliphatic heterocycles. The smallest absolute Gasteiger partial charge is 0.339 e. The molecule has 0 fully saturated rings. The van der Waals surface area contributed by atoms with Crippen molar-refractivity contribution in [2.75, 3.05) is 12.4 Å². The summed E-state index contributed by atoms with van der Waals surface area (Å²) >= 11 is 1.59. The van der Waals surface area contributed by atoms with E-state index in [0.717, 1.165) is 38.6 Å². The monoisotopic (exact) mass is 455 g/mol. The summed E-state index contributed by atoms with van der Waals surface area (Å²) in [4.78, 5) is 32.9. The molecule has 2 aromatic heterocycles. The number of benzene rings is 2. The molecule has 0 bridgehead atoms. The van der Waals surface area contributed by atoms with Crippen LogP contribution >= 0.6 is 11.3 Å². The molecule has 0 aliphatic carbocycles. The van der Waals surface area contributed by atoms with Crippen molar-refractivity contribution in [2.24, 2.45) is 0 Å². The zero-order chi connectivity index (χ0) is 23.1. The standard InChI is InChI=1S/C26H21N3O3S/c1-14-21(27-15(2)23(14)26(31)32-3)12-19-18-11-17(9-10-20(18)28-24(19)30)22-13-33-25(29-22)16-7-5-4-6-8-16/h4-13,27H,1-3H3,(H,28,30)/b19-12-. The molecule has 2 N–H and O–H groups in total. The Hall–Kier alpha value is -3.97. The minimum atomic E-state index is -0.401. The van der Waals surface area contributed by atoms with Crippen LogP contribution in [0, 0.1) is 13.8 Å². The summed E-state index contributed by atoms with van der Waals surface area (Å²) in [6.07, 6.45) is 1.79. The lowest BCUT2D eigenvalue weighted by molar-refractivity contribution is -0.110. The van der Waals surface area contributed by atoms with Gasteiger partial charge in [-0.25, -0.2) is 9.78 Å². The van der Waals surface area contributed by atoms with Crippen LogP contribution in [0.4, 0.5) is 5.69 Å². The number of H-pyrrole nitrogens is 1. The van der Waals surface area contributed by atoms with Crippen molar-refractivity contribution in [1.29, 1.82) is 0 Å². The number of fused-ring (bicyclic) bond motifs is 1. The number of nitrogens with zero attached hydrogens (tertiary/aromatic N) is 1. The highest BCUT2D eigenvalue weighted by atomic mass is 32.1. The maximum absolute atomic E-state index is 12.8. The van der Waals surface area contributed by atoms with Gasteiger partial charge in [0.25, 0.3) is 5.91 Å². The molecule has 1 amide bonds. The second-order valence-electron chi connectivity index (χ2n) is 7.83. The summed E-state index contributed by atoms with van der Waals surface area (Å²) in [7, 11) is 1.36. The highest BCUT2D eigenvalue weighted by Crippen LogP contribution is 2.38. The van der Waals surface area contributed by atoms with Gasteiger partial charge in [-0.15, -0.1) is 11.3 Å². The predicted octanol–water partition coefficient (Wildman–Crippen LogP) is 5.70. The van der Waals surface area contributed by atoms with Crippen LogP contribution in [-0.4, -0.2) is 29.0 Å². The molecule has 164 valence electrons. The number of esters is 1. The Morgan fingerprint density at radius 2 is 1.88 bits per heavy atom. The van der Waals surface area contributed by atoms with Gasteiger partial charge in [0, 0.05) is 39.1 Å². The van der Waals surface area contributed by atoms with Crippen LogP contribution in [0.3, 0.4) is 0 Å². The van der Waals surface area contributed by atoms with E-state index in [1.807, 2.05) is 67.8 Å². The van der Waals surface area contributed by atoms with Crippen molar-refractivity contribution in [1.82, 2.24) is 9.97 Å². The minimum absolute atomic E-state index is 0.184. The fourth-order valence-electron chi connectivity index (χ4n) is 4.08. The normalized spacial score (nSPS) is 13.8. The number of aromatic amines is 1. The number of amides is 1. The molecule has 0 unspecified atom stereocenters. The SMILES string of the molecule is COC(=O)c1c(C)[nH]c(/C=C2\C(=O)Nc3ccc(-c4csc(-c5ccccc5)n4)cc32)c1C. The first-order valence-electron chi connectivity index (χ1n) is 10.4. The summed E-state index contributed by atoms with van der Waals surface area (Å²) in [6.45, 7) is 3.65. The second kappa shape index (κ2) is 8.18. The van der Waals surface area contributed by atoms with Gasteiger partial charge in [0.15, 0.2) is 0 Å². The molecular formula is C26H21N3O3S. The van der Waals surface area contributed by atoms with E-state index in [-0.39, 0.29) is 5.91 Å². The van der Waals surface area contributed by atoms with E-state index < -0.39 is 5.97 Å². The molecule has 2 aromatic carbocycles. The average molecular weight is 456 g/mol. The van der Waals surface area contributed by atoms with E-state index in [0.29, 0.717) is 22.5 Å². The van der Waals surface area contributed by atoms with Crippen molar-refractivity contribution in [3.8, 4) is 21.8 Å². The Kier molecular flexibility index (Phi) is 5.18. The van der Waals surface area contributed by atoms with Crippen molar-refractivity contribution >= 4 is 40.5 Å². The Morgan fingerprint density at radius 1 is 1.09 bits per heavy atom. The summed E-state index contributed by atoms with van der Waals surface area (Å²) in [5.41, 5.74) is 7.61. The maximum Gasteiger partial charge on any atom is 0.339 e. The average Bonchev–Trinajstić information content (AvgIpc) is 3.51. The topological polar surface area (TPSA) is 84.1 Å². The Bertz CT molecular complexity index is 1430. The number of thiazole rings is 1.